The Kier molecular flexibility index (Phi) is 7.65. The van der Waals surface area contributed by atoms with Crippen LogP contribution < -0.4 is 10.1 Å². The second-order valence-corrected chi connectivity index (χ2v) is 8.62. The smallest absolute Gasteiger partial charge is 0.253 e. The number of fused-ring (bicyclic) bond motifs is 1. The van der Waals surface area contributed by atoms with Crippen molar-refractivity contribution >= 4 is 28.5 Å². The van der Waals surface area contributed by atoms with Crippen molar-refractivity contribution in [2.45, 2.75) is 6.92 Å². The number of nitrogens with zero attached hydrogens (tertiary/aromatic N) is 3. The highest BCUT2D eigenvalue weighted by Crippen LogP contribution is 2.30. The van der Waals surface area contributed by atoms with E-state index in [0.29, 0.717) is 29.9 Å². The van der Waals surface area contributed by atoms with Gasteiger partial charge in [-0.25, -0.2) is 4.98 Å². The highest BCUT2D eigenvalue weighted by molar-refractivity contribution is 6.06. The summed E-state index contributed by atoms with van der Waals surface area (Å²) in [5.41, 5.74) is 4.34. The Labute approximate surface area is 210 Å². The van der Waals surface area contributed by atoms with Crippen LogP contribution in [0.25, 0.3) is 22.4 Å². The number of likely N-dealkylation sites (N-methyl/N-ethyl adjacent to an activating group) is 1. The first kappa shape index (κ1) is 24.9. The van der Waals surface area contributed by atoms with Gasteiger partial charge in [0.25, 0.3) is 5.91 Å². The third-order valence-electron chi connectivity index (χ3n) is 5.86. The number of rotatable bonds is 9. The summed E-state index contributed by atoms with van der Waals surface area (Å²) in [4.78, 5) is 32.1. The van der Waals surface area contributed by atoms with Crippen LogP contribution in [0.5, 0.6) is 5.75 Å². The van der Waals surface area contributed by atoms with E-state index in [9.17, 15) is 9.59 Å². The summed E-state index contributed by atoms with van der Waals surface area (Å²) in [6.07, 6.45) is 0. The molecule has 1 N–H and O–H groups in total. The molecule has 0 aliphatic rings. The summed E-state index contributed by atoms with van der Waals surface area (Å²) in [6.45, 7) is 2.67. The maximum Gasteiger partial charge on any atom is 0.253 e. The Hall–Kier alpha value is -4.17. The van der Waals surface area contributed by atoms with Gasteiger partial charge in [-0.05, 0) is 31.2 Å². The molecule has 8 heteroatoms. The number of anilines is 1. The number of benzene rings is 3. The fourth-order valence-corrected chi connectivity index (χ4v) is 3.99. The van der Waals surface area contributed by atoms with Gasteiger partial charge in [-0.15, -0.1) is 0 Å². The van der Waals surface area contributed by atoms with Crippen LogP contribution in [-0.4, -0.2) is 60.2 Å². The monoisotopic (exact) mass is 486 g/mol. The number of amides is 2. The molecule has 0 fully saturated rings. The summed E-state index contributed by atoms with van der Waals surface area (Å²) >= 11 is 0. The molecule has 0 aliphatic heterocycles. The average Bonchev–Trinajstić information content (AvgIpc) is 3.21. The number of hydrogen-bond donors (Lipinski definition) is 1. The van der Waals surface area contributed by atoms with Crippen molar-refractivity contribution in [3.05, 3.63) is 77.9 Å². The minimum absolute atomic E-state index is 0.0979. The highest BCUT2D eigenvalue weighted by Gasteiger charge is 2.20. The van der Waals surface area contributed by atoms with Crippen LogP contribution in [0.15, 0.2) is 66.7 Å². The van der Waals surface area contributed by atoms with E-state index < -0.39 is 0 Å². The number of nitrogens with one attached hydrogen (secondary N) is 1. The number of carbonyl (C=O) groups excluding carboxylic acids is 2. The zero-order valence-electron chi connectivity index (χ0n) is 20.9. The van der Waals surface area contributed by atoms with E-state index in [1.165, 1.54) is 7.11 Å². The van der Waals surface area contributed by atoms with Gasteiger partial charge in [-0.3, -0.25) is 9.59 Å². The van der Waals surface area contributed by atoms with Crippen LogP contribution in [0.1, 0.15) is 15.9 Å². The predicted octanol–water partition coefficient (Wildman–Crippen LogP) is 4.28. The van der Waals surface area contributed by atoms with Crippen molar-refractivity contribution in [1.82, 2.24) is 14.5 Å². The van der Waals surface area contributed by atoms with Gasteiger partial charge in [0.05, 0.1) is 23.3 Å². The molecule has 0 atom stereocenters. The van der Waals surface area contributed by atoms with E-state index in [4.69, 9.17) is 14.5 Å². The van der Waals surface area contributed by atoms with Gasteiger partial charge in [0.1, 0.15) is 24.8 Å². The Morgan fingerprint density at radius 2 is 1.78 bits per heavy atom. The number of ether oxygens (including phenoxy) is 2. The summed E-state index contributed by atoms with van der Waals surface area (Å²) in [7, 11) is 5.07. The molecule has 0 unspecified atom stereocenters. The molecular weight excluding hydrogens is 456 g/mol. The van der Waals surface area contributed by atoms with E-state index in [1.54, 1.807) is 24.1 Å². The van der Waals surface area contributed by atoms with Gasteiger partial charge in [0, 0.05) is 32.3 Å². The molecule has 0 saturated heterocycles. The molecule has 0 bridgehead atoms. The first-order valence-electron chi connectivity index (χ1n) is 11.7. The molecule has 0 spiro atoms. The predicted molar refractivity (Wildman–Crippen MR) is 140 cm³/mol. The van der Waals surface area contributed by atoms with Gasteiger partial charge in [-0.2, -0.15) is 0 Å². The standard InChI is InChI=1S/C28H30N4O4/c1-19-10-12-22(13-11-19)36-15-14-31(2)28(34)21-16-23(29-25(33)18-35-4)26-24(17-21)30-27(32(26)3)20-8-6-5-7-9-20/h5-13,16-17H,14-15,18H2,1-4H3,(H,29,33). The van der Waals surface area contributed by atoms with E-state index in [1.807, 2.05) is 73.1 Å². The van der Waals surface area contributed by atoms with Gasteiger partial charge in [0.15, 0.2) is 0 Å². The second kappa shape index (κ2) is 11.0. The molecule has 186 valence electrons. The SMILES string of the molecule is COCC(=O)Nc1cc(C(=O)N(C)CCOc2ccc(C)cc2)cc2nc(-c3ccccc3)n(C)c12. The lowest BCUT2D eigenvalue weighted by atomic mass is 10.1. The lowest BCUT2D eigenvalue weighted by molar-refractivity contribution is -0.119. The molecule has 1 heterocycles. The van der Waals surface area contributed by atoms with Crippen LogP contribution in [-0.2, 0) is 16.6 Å². The van der Waals surface area contributed by atoms with E-state index in [0.717, 1.165) is 28.2 Å². The molecule has 36 heavy (non-hydrogen) atoms. The first-order chi connectivity index (χ1) is 17.4. The lowest BCUT2D eigenvalue weighted by Gasteiger charge is -2.18. The number of hydrogen-bond acceptors (Lipinski definition) is 5. The van der Waals surface area contributed by atoms with Crippen molar-refractivity contribution in [2.24, 2.45) is 7.05 Å². The van der Waals surface area contributed by atoms with E-state index in [-0.39, 0.29) is 18.4 Å². The van der Waals surface area contributed by atoms with Crippen LogP contribution in [0.2, 0.25) is 0 Å². The summed E-state index contributed by atoms with van der Waals surface area (Å²) in [5.74, 6) is 0.981. The Bertz CT molecular complexity index is 1360. The topological polar surface area (TPSA) is 85.7 Å². The van der Waals surface area contributed by atoms with Crippen molar-refractivity contribution in [3.8, 4) is 17.1 Å². The number of carbonyl (C=O) groups is 2. The molecule has 1 aromatic heterocycles. The lowest BCUT2D eigenvalue weighted by Crippen LogP contribution is -2.31. The fourth-order valence-electron chi connectivity index (χ4n) is 3.99. The van der Waals surface area contributed by atoms with Crippen molar-refractivity contribution in [3.63, 3.8) is 0 Å². The molecule has 0 aliphatic carbocycles. The number of imidazole rings is 1. The second-order valence-electron chi connectivity index (χ2n) is 8.62. The van der Waals surface area contributed by atoms with E-state index in [2.05, 4.69) is 5.32 Å². The zero-order chi connectivity index (χ0) is 25.7. The minimum Gasteiger partial charge on any atom is -0.492 e. The summed E-state index contributed by atoms with van der Waals surface area (Å²) in [5, 5.41) is 2.87. The third-order valence-corrected chi connectivity index (χ3v) is 5.86. The van der Waals surface area contributed by atoms with Gasteiger partial charge < -0.3 is 24.3 Å². The van der Waals surface area contributed by atoms with Gasteiger partial charge in [0.2, 0.25) is 5.91 Å². The molecule has 4 aromatic rings. The molecular formula is C28H30N4O4. The Morgan fingerprint density at radius 1 is 1.06 bits per heavy atom. The first-order valence-corrected chi connectivity index (χ1v) is 11.7. The zero-order valence-corrected chi connectivity index (χ0v) is 20.9. The maximum atomic E-state index is 13.3. The Morgan fingerprint density at radius 3 is 2.47 bits per heavy atom. The minimum atomic E-state index is -0.314. The Balaban J connectivity index is 1.61. The van der Waals surface area contributed by atoms with Crippen LogP contribution in [0, 0.1) is 6.92 Å². The molecule has 0 saturated carbocycles. The maximum absolute atomic E-state index is 13.3. The molecule has 4 rings (SSSR count). The summed E-state index contributed by atoms with van der Waals surface area (Å²) in [6, 6.07) is 21.0. The summed E-state index contributed by atoms with van der Waals surface area (Å²) < 4.78 is 12.7. The highest BCUT2D eigenvalue weighted by atomic mass is 16.5. The van der Waals surface area contributed by atoms with E-state index >= 15 is 0 Å². The quantitative estimate of drug-likeness (QED) is 0.382. The molecule has 3 aromatic carbocycles. The average molecular weight is 487 g/mol. The van der Waals surface area contributed by atoms with Crippen molar-refractivity contribution < 1.29 is 19.1 Å². The van der Waals surface area contributed by atoms with Crippen LogP contribution >= 0.6 is 0 Å². The van der Waals surface area contributed by atoms with Crippen molar-refractivity contribution in [1.29, 1.82) is 0 Å². The number of aromatic nitrogens is 2. The number of aryl methyl sites for hydroxylation is 2. The molecule has 8 nitrogen and oxygen atoms in total. The van der Waals surface area contributed by atoms with Crippen molar-refractivity contribution in [2.75, 3.05) is 39.2 Å². The molecule has 2 amide bonds. The number of methoxy groups -OCH3 is 1. The van der Waals surface area contributed by atoms with Crippen LogP contribution in [0.3, 0.4) is 0 Å². The van der Waals surface area contributed by atoms with Gasteiger partial charge in [-0.1, -0.05) is 48.0 Å². The fraction of sp³-hybridized carbons (Fsp3) is 0.250. The normalized spacial score (nSPS) is 10.9. The van der Waals surface area contributed by atoms with Gasteiger partial charge >= 0.3 is 0 Å². The van der Waals surface area contributed by atoms with Crippen LogP contribution in [0.4, 0.5) is 5.69 Å². The third kappa shape index (κ3) is 5.55. The largest absolute Gasteiger partial charge is 0.492 e. The molecule has 0 radical (unpaired) electrons.